The fourth-order valence-corrected chi connectivity index (χ4v) is 6.16. The summed E-state index contributed by atoms with van der Waals surface area (Å²) in [6.45, 7) is 9.23. The smallest absolute Gasteiger partial charge is 0.344 e. The Bertz CT molecular complexity index is 548. The normalized spacial score (nSPS) is 47.2. The van der Waals surface area contributed by atoms with Gasteiger partial charge in [-0.3, -0.25) is 0 Å². The Morgan fingerprint density at radius 3 is 2.26 bits per heavy atom. The Kier molecular flexibility index (Phi) is 3.46. The molecule has 5 nitrogen and oxygen atoms in total. The standard InChI is InChI=1S/C18H26O5/c1-5-13(19)22-6-14(20)23-18-10-15(3)7-16(4,11-18)9-17(21,8-15)12(18)2/h5,12,21H,1,6-11H2,2-4H3. The molecule has 0 saturated heterocycles. The van der Waals surface area contributed by atoms with E-state index in [1.165, 1.54) is 0 Å². The zero-order valence-electron chi connectivity index (χ0n) is 14.2. The summed E-state index contributed by atoms with van der Waals surface area (Å²) in [4.78, 5) is 23.3. The van der Waals surface area contributed by atoms with Gasteiger partial charge >= 0.3 is 11.9 Å². The van der Waals surface area contributed by atoms with Crippen molar-refractivity contribution in [3.8, 4) is 0 Å². The SMILES string of the molecule is C=CC(=O)OCC(=O)OC12CC3(C)CC(C)(CC(O)(C3)C1C)C2. The molecule has 4 saturated carbocycles. The van der Waals surface area contributed by atoms with Crippen molar-refractivity contribution in [2.75, 3.05) is 6.61 Å². The molecular weight excluding hydrogens is 296 g/mol. The molecule has 0 spiro atoms. The van der Waals surface area contributed by atoms with Crippen molar-refractivity contribution in [3.05, 3.63) is 12.7 Å². The first-order valence-electron chi connectivity index (χ1n) is 8.27. The van der Waals surface area contributed by atoms with E-state index < -0.39 is 29.7 Å². The van der Waals surface area contributed by atoms with Crippen LogP contribution in [0.5, 0.6) is 0 Å². The van der Waals surface area contributed by atoms with E-state index in [4.69, 9.17) is 9.47 Å². The maximum Gasteiger partial charge on any atom is 0.344 e. The van der Waals surface area contributed by atoms with Crippen molar-refractivity contribution < 1.29 is 24.2 Å². The van der Waals surface area contributed by atoms with E-state index in [-0.39, 0.29) is 16.7 Å². The van der Waals surface area contributed by atoms with Crippen LogP contribution < -0.4 is 0 Å². The van der Waals surface area contributed by atoms with Gasteiger partial charge in [0, 0.05) is 12.0 Å². The summed E-state index contributed by atoms with van der Waals surface area (Å²) in [5.74, 6) is -1.31. The highest BCUT2D eigenvalue weighted by Crippen LogP contribution is 2.70. The lowest BCUT2D eigenvalue weighted by molar-refractivity contribution is -0.291. The summed E-state index contributed by atoms with van der Waals surface area (Å²) < 4.78 is 10.6. The van der Waals surface area contributed by atoms with Crippen LogP contribution in [-0.4, -0.2) is 34.9 Å². The molecule has 0 aliphatic heterocycles. The van der Waals surface area contributed by atoms with Gasteiger partial charge in [-0.1, -0.05) is 27.4 Å². The Hall–Kier alpha value is -1.36. The fourth-order valence-electron chi connectivity index (χ4n) is 6.16. The number of aliphatic hydroxyl groups is 1. The van der Waals surface area contributed by atoms with E-state index in [0.29, 0.717) is 0 Å². The largest absolute Gasteiger partial charge is 0.456 e. The summed E-state index contributed by atoms with van der Waals surface area (Å²) in [6.07, 6.45) is 5.13. The van der Waals surface area contributed by atoms with Gasteiger partial charge < -0.3 is 14.6 Å². The van der Waals surface area contributed by atoms with Gasteiger partial charge in [0.25, 0.3) is 0 Å². The maximum absolute atomic E-state index is 12.2. The second-order valence-corrected chi connectivity index (χ2v) is 8.68. The van der Waals surface area contributed by atoms with Gasteiger partial charge in [-0.25, -0.2) is 9.59 Å². The van der Waals surface area contributed by atoms with Crippen LogP contribution in [0.3, 0.4) is 0 Å². The first-order chi connectivity index (χ1) is 10.5. The molecule has 0 aromatic carbocycles. The third-order valence-corrected chi connectivity index (χ3v) is 6.18. The summed E-state index contributed by atoms with van der Waals surface area (Å²) in [5.41, 5.74) is -1.46. The van der Waals surface area contributed by atoms with Crippen LogP contribution in [0.15, 0.2) is 12.7 Å². The molecule has 23 heavy (non-hydrogen) atoms. The number of ether oxygens (including phenoxy) is 2. The van der Waals surface area contributed by atoms with Gasteiger partial charge in [-0.15, -0.1) is 0 Å². The highest BCUT2D eigenvalue weighted by molar-refractivity contribution is 5.83. The monoisotopic (exact) mass is 322 g/mol. The van der Waals surface area contributed by atoms with E-state index in [1.54, 1.807) is 0 Å². The first kappa shape index (κ1) is 16.5. The molecule has 1 N–H and O–H groups in total. The average molecular weight is 322 g/mol. The molecule has 0 radical (unpaired) electrons. The molecule has 3 unspecified atom stereocenters. The van der Waals surface area contributed by atoms with E-state index in [1.807, 2.05) is 6.92 Å². The number of carbonyl (C=O) groups is 2. The molecular formula is C18H26O5. The number of hydrogen-bond donors (Lipinski definition) is 1. The lowest BCUT2D eigenvalue weighted by atomic mass is 9.39. The number of esters is 2. The topological polar surface area (TPSA) is 72.8 Å². The van der Waals surface area contributed by atoms with Gasteiger partial charge in [0.05, 0.1) is 5.60 Å². The second kappa shape index (κ2) is 4.82. The summed E-state index contributed by atoms with van der Waals surface area (Å²) in [7, 11) is 0. The minimum atomic E-state index is -0.781. The quantitative estimate of drug-likeness (QED) is 0.635. The predicted molar refractivity (Wildman–Crippen MR) is 83.4 cm³/mol. The summed E-state index contributed by atoms with van der Waals surface area (Å²) >= 11 is 0. The molecule has 128 valence electrons. The fraction of sp³-hybridized carbons (Fsp3) is 0.778. The van der Waals surface area contributed by atoms with E-state index in [2.05, 4.69) is 20.4 Å². The number of carbonyl (C=O) groups excluding carboxylic acids is 2. The van der Waals surface area contributed by atoms with Crippen molar-refractivity contribution in [1.82, 2.24) is 0 Å². The van der Waals surface area contributed by atoms with Crippen LogP contribution in [0.1, 0.15) is 52.9 Å². The van der Waals surface area contributed by atoms with Gasteiger partial charge in [-0.2, -0.15) is 0 Å². The van der Waals surface area contributed by atoms with Crippen molar-refractivity contribution >= 4 is 11.9 Å². The van der Waals surface area contributed by atoms with Crippen molar-refractivity contribution in [1.29, 1.82) is 0 Å². The lowest BCUT2D eigenvalue weighted by Crippen LogP contribution is -2.71. The zero-order chi connectivity index (χ0) is 17.1. The zero-order valence-corrected chi connectivity index (χ0v) is 14.2. The van der Waals surface area contributed by atoms with Gasteiger partial charge in [0.1, 0.15) is 5.60 Å². The second-order valence-electron chi connectivity index (χ2n) is 8.68. The van der Waals surface area contributed by atoms with Gasteiger partial charge in [0.2, 0.25) is 0 Å². The summed E-state index contributed by atoms with van der Waals surface area (Å²) in [5, 5.41) is 11.1. The average Bonchev–Trinajstić information content (AvgIpc) is 2.38. The van der Waals surface area contributed by atoms with E-state index >= 15 is 0 Å². The Morgan fingerprint density at radius 1 is 1.17 bits per heavy atom. The first-order valence-corrected chi connectivity index (χ1v) is 8.27. The third-order valence-electron chi connectivity index (χ3n) is 6.18. The van der Waals surface area contributed by atoms with Crippen molar-refractivity contribution in [2.24, 2.45) is 16.7 Å². The van der Waals surface area contributed by atoms with Crippen LogP contribution in [-0.2, 0) is 19.1 Å². The van der Waals surface area contributed by atoms with Crippen molar-refractivity contribution in [2.45, 2.75) is 64.1 Å². The molecule has 4 bridgehead atoms. The van der Waals surface area contributed by atoms with Crippen LogP contribution in [0, 0.1) is 16.7 Å². The van der Waals surface area contributed by atoms with Crippen LogP contribution in [0.25, 0.3) is 0 Å². The van der Waals surface area contributed by atoms with Crippen molar-refractivity contribution in [3.63, 3.8) is 0 Å². The van der Waals surface area contributed by atoms with Gasteiger partial charge in [-0.05, 0) is 42.9 Å². The number of hydrogen-bond acceptors (Lipinski definition) is 5. The van der Waals surface area contributed by atoms with Crippen LogP contribution >= 0.6 is 0 Å². The Labute approximate surface area is 137 Å². The number of rotatable bonds is 4. The highest BCUT2D eigenvalue weighted by Gasteiger charge is 2.70. The molecule has 4 aliphatic rings. The molecule has 0 aromatic rings. The highest BCUT2D eigenvalue weighted by atomic mass is 16.6. The Morgan fingerprint density at radius 2 is 1.74 bits per heavy atom. The molecule has 4 fully saturated rings. The van der Waals surface area contributed by atoms with Gasteiger partial charge in [0.15, 0.2) is 6.61 Å². The molecule has 4 rings (SSSR count). The van der Waals surface area contributed by atoms with E-state index in [0.717, 1.165) is 38.2 Å². The molecule has 4 aliphatic carbocycles. The summed E-state index contributed by atoms with van der Waals surface area (Å²) in [6, 6.07) is 0. The molecule has 0 amide bonds. The minimum absolute atomic E-state index is 0.00934. The van der Waals surface area contributed by atoms with E-state index in [9.17, 15) is 14.7 Å². The van der Waals surface area contributed by atoms with Crippen LogP contribution in [0.2, 0.25) is 0 Å². The Balaban J connectivity index is 1.81. The maximum atomic E-state index is 12.2. The predicted octanol–water partition coefficient (Wildman–Crippen LogP) is 2.37. The molecule has 5 heteroatoms. The van der Waals surface area contributed by atoms with Crippen LogP contribution in [0.4, 0.5) is 0 Å². The minimum Gasteiger partial charge on any atom is -0.456 e. The molecule has 3 atom stereocenters. The molecule has 0 aromatic heterocycles. The third kappa shape index (κ3) is 2.59. The molecule has 0 heterocycles. The lowest BCUT2D eigenvalue weighted by Gasteiger charge is -2.69.